The molecule has 1 aromatic carbocycles. The van der Waals surface area contributed by atoms with Crippen LogP contribution in [0.5, 0.6) is 0 Å². The van der Waals surface area contributed by atoms with Gasteiger partial charge in [0.25, 0.3) is 0 Å². The van der Waals surface area contributed by atoms with Gasteiger partial charge in [0.2, 0.25) is 0 Å². The molecule has 2 atom stereocenters. The summed E-state index contributed by atoms with van der Waals surface area (Å²) in [6.45, 7) is 3.30. The number of nitrogens with one attached hydrogen (secondary N) is 1. The van der Waals surface area contributed by atoms with Gasteiger partial charge in [-0.15, -0.1) is 0 Å². The van der Waals surface area contributed by atoms with Gasteiger partial charge in [-0.2, -0.15) is 13.2 Å². The molecule has 1 aromatic rings. The molecule has 1 saturated heterocycles. The van der Waals surface area contributed by atoms with E-state index in [2.05, 4.69) is 5.32 Å². The van der Waals surface area contributed by atoms with Crippen molar-refractivity contribution in [3.05, 3.63) is 35.4 Å². The Labute approximate surface area is 98.0 Å². The summed E-state index contributed by atoms with van der Waals surface area (Å²) in [7, 11) is 0. The molecule has 0 bridgehead atoms. The second-order valence-corrected chi connectivity index (χ2v) is 4.81. The lowest BCUT2D eigenvalue weighted by Gasteiger charge is -2.26. The lowest BCUT2D eigenvalue weighted by molar-refractivity contribution is -0.137. The van der Waals surface area contributed by atoms with E-state index in [9.17, 15) is 13.2 Å². The van der Waals surface area contributed by atoms with Gasteiger partial charge >= 0.3 is 6.18 Å². The highest BCUT2D eigenvalue weighted by Crippen LogP contribution is 2.33. The lowest BCUT2D eigenvalue weighted by Crippen LogP contribution is -2.42. The third-order valence-electron chi connectivity index (χ3n) is 3.29. The van der Waals surface area contributed by atoms with Crippen LogP contribution in [0.3, 0.4) is 0 Å². The zero-order chi connectivity index (χ0) is 12.7. The SMILES string of the molecule is CC1(N)CNCC1c1ccc(C(F)(F)F)cc1. The predicted molar refractivity (Wildman–Crippen MR) is 59.6 cm³/mol. The monoisotopic (exact) mass is 244 g/mol. The van der Waals surface area contributed by atoms with Gasteiger partial charge < -0.3 is 11.1 Å². The number of hydrogen-bond acceptors (Lipinski definition) is 2. The van der Waals surface area contributed by atoms with Gasteiger partial charge in [0.15, 0.2) is 0 Å². The van der Waals surface area contributed by atoms with E-state index in [1.807, 2.05) is 6.92 Å². The molecule has 2 nitrogen and oxygen atoms in total. The van der Waals surface area contributed by atoms with Gasteiger partial charge in [-0.25, -0.2) is 0 Å². The molecule has 0 amide bonds. The fraction of sp³-hybridized carbons (Fsp3) is 0.500. The molecule has 1 aliphatic rings. The minimum Gasteiger partial charge on any atom is -0.324 e. The number of benzene rings is 1. The summed E-state index contributed by atoms with van der Waals surface area (Å²) >= 11 is 0. The molecule has 2 rings (SSSR count). The first-order valence-corrected chi connectivity index (χ1v) is 5.47. The molecule has 17 heavy (non-hydrogen) atoms. The molecule has 5 heteroatoms. The van der Waals surface area contributed by atoms with Gasteiger partial charge in [0.1, 0.15) is 0 Å². The van der Waals surface area contributed by atoms with Crippen LogP contribution in [0.15, 0.2) is 24.3 Å². The van der Waals surface area contributed by atoms with Gasteiger partial charge in [-0.1, -0.05) is 12.1 Å². The van der Waals surface area contributed by atoms with Crippen molar-refractivity contribution in [2.75, 3.05) is 13.1 Å². The Morgan fingerprint density at radius 3 is 2.29 bits per heavy atom. The highest BCUT2D eigenvalue weighted by atomic mass is 19.4. The van der Waals surface area contributed by atoms with Crippen LogP contribution in [-0.4, -0.2) is 18.6 Å². The molecule has 1 aliphatic heterocycles. The van der Waals surface area contributed by atoms with E-state index < -0.39 is 17.3 Å². The second-order valence-electron chi connectivity index (χ2n) is 4.81. The van der Waals surface area contributed by atoms with Gasteiger partial charge in [-0.3, -0.25) is 0 Å². The maximum absolute atomic E-state index is 12.4. The predicted octanol–water partition coefficient (Wildman–Crippen LogP) is 2.11. The van der Waals surface area contributed by atoms with Crippen molar-refractivity contribution < 1.29 is 13.2 Å². The van der Waals surface area contributed by atoms with Crippen molar-refractivity contribution >= 4 is 0 Å². The zero-order valence-electron chi connectivity index (χ0n) is 9.51. The third-order valence-corrected chi connectivity index (χ3v) is 3.29. The topological polar surface area (TPSA) is 38.0 Å². The van der Waals surface area contributed by atoms with Crippen LogP contribution in [0, 0.1) is 0 Å². The average Bonchev–Trinajstić information content (AvgIpc) is 2.57. The molecule has 94 valence electrons. The van der Waals surface area contributed by atoms with Crippen molar-refractivity contribution in [3.8, 4) is 0 Å². The first-order valence-electron chi connectivity index (χ1n) is 5.47. The zero-order valence-corrected chi connectivity index (χ0v) is 9.51. The highest BCUT2D eigenvalue weighted by Gasteiger charge is 2.36. The summed E-state index contributed by atoms with van der Waals surface area (Å²) in [4.78, 5) is 0. The summed E-state index contributed by atoms with van der Waals surface area (Å²) < 4.78 is 37.2. The third kappa shape index (κ3) is 2.45. The number of nitrogens with two attached hydrogens (primary N) is 1. The molecule has 0 spiro atoms. The smallest absolute Gasteiger partial charge is 0.324 e. The Morgan fingerprint density at radius 2 is 1.88 bits per heavy atom. The van der Waals surface area contributed by atoms with Crippen molar-refractivity contribution in [3.63, 3.8) is 0 Å². The maximum atomic E-state index is 12.4. The fourth-order valence-electron chi connectivity index (χ4n) is 2.25. The largest absolute Gasteiger partial charge is 0.416 e. The van der Waals surface area contributed by atoms with Gasteiger partial charge in [0, 0.05) is 24.5 Å². The van der Waals surface area contributed by atoms with E-state index in [1.54, 1.807) is 0 Å². The van der Waals surface area contributed by atoms with Crippen LogP contribution in [0.25, 0.3) is 0 Å². The van der Waals surface area contributed by atoms with Crippen LogP contribution < -0.4 is 11.1 Å². The fourth-order valence-corrected chi connectivity index (χ4v) is 2.25. The van der Waals surface area contributed by atoms with E-state index in [1.165, 1.54) is 12.1 Å². The lowest BCUT2D eigenvalue weighted by atomic mass is 9.84. The number of rotatable bonds is 1. The molecule has 0 radical (unpaired) electrons. The molecule has 0 aromatic heterocycles. The van der Waals surface area contributed by atoms with Crippen molar-refractivity contribution in [1.29, 1.82) is 0 Å². The number of halogens is 3. The molecule has 1 heterocycles. The Hall–Kier alpha value is -1.07. The highest BCUT2D eigenvalue weighted by molar-refractivity contribution is 5.30. The van der Waals surface area contributed by atoms with Crippen LogP contribution in [0.2, 0.25) is 0 Å². The minimum absolute atomic E-state index is 0.0600. The van der Waals surface area contributed by atoms with Crippen LogP contribution in [0.4, 0.5) is 13.2 Å². The quantitative estimate of drug-likeness (QED) is 0.794. The molecule has 2 unspecified atom stereocenters. The molecule has 3 N–H and O–H groups in total. The second kappa shape index (κ2) is 3.99. The Balaban J connectivity index is 2.24. The van der Waals surface area contributed by atoms with Crippen LogP contribution in [-0.2, 0) is 6.18 Å². The molecule has 0 saturated carbocycles. The molecular formula is C12H15F3N2. The summed E-state index contributed by atoms with van der Waals surface area (Å²) in [6, 6.07) is 5.27. The molecule has 1 fully saturated rings. The molecule has 0 aliphatic carbocycles. The van der Waals surface area contributed by atoms with Gasteiger partial charge in [-0.05, 0) is 24.6 Å². The van der Waals surface area contributed by atoms with Crippen molar-refractivity contribution in [2.45, 2.75) is 24.6 Å². The van der Waals surface area contributed by atoms with Crippen LogP contribution in [0.1, 0.15) is 24.0 Å². The van der Waals surface area contributed by atoms with E-state index >= 15 is 0 Å². The van der Waals surface area contributed by atoms with E-state index in [0.29, 0.717) is 13.1 Å². The average molecular weight is 244 g/mol. The first kappa shape index (κ1) is 12.4. The minimum atomic E-state index is -4.28. The standard InChI is InChI=1S/C12H15F3N2/c1-11(16)7-17-6-10(11)8-2-4-9(5-3-8)12(13,14)15/h2-5,10,17H,6-7,16H2,1H3. The number of alkyl halides is 3. The molecular weight excluding hydrogens is 229 g/mol. The van der Waals surface area contributed by atoms with Crippen molar-refractivity contribution in [1.82, 2.24) is 5.32 Å². The van der Waals surface area contributed by atoms with E-state index in [4.69, 9.17) is 5.73 Å². The Kier molecular flexibility index (Phi) is 2.91. The van der Waals surface area contributed by atoms with E-state index in [0.717, 1.165) is 17.7 Å². The first-order chi connectivity index (χ1) is 7.81. The van der Waals surface area contributed by atoms with Gasteiger partial charge in [0.05, 0.1) is 5.56 Å². The summed E-state index contributed by atoms with van der Waals surface area (Å²) in [5.74, 6) is 0.0600. The summed E-state index contributed by atoms with van der Waals surface area (Å²) in [5, 5.41) is 3.16. The van der Waals surface area contributed by atoms with E-state index in [-0.39, 0.29) is 5.92 Å². The summed E-state index contributed by atoms with van der Waals surface area (Å²) in [6.07, 6.45) is -4.28. The Bertz CT molecular complexity index is 395. The number of hydrogen-bond donors (Lipinski definition) is 2. The summed E-state index contributed by atoms with van der Waals surface area (Å²) in [5.41, 5.74) is 5.93. The normalized spacial score (nSPS) is 29.6. The maximum Gasteiger partial charge on any atom is 0.416 e. The van der Waals surface area contributed by atoms with Crippen molar-refractivity contribution in [2.24, 2.45) is 5.73 Å². The van der Waals surface area contributed by atoms with Crippen LogP contribution >= 0.6 is 0 Å². The Morgan fingerprint density at radius 1 is 1.29 bits per heavy atom.